The molecule has 1 unspecified atom stereocenters. The lowest BCUT2D eigenvalue weighted by Gasteiger charge is -2.35. The molecule has 1 aliphatic rings. The van der Waals surface area contributed by atoms with Crippen LogP contribution in [0.1, 0.15) is 18.5 Å². The number of hydrogen-bond donors (Lipinski definition) is 2. The minimum atomic E-state index is -0.386. The molecule has 1 aromatic carbocycles. The summed E-state index contributed by atoms with van der Waals surface area (Å²) in [7, 11) is 3.37. The van der Waals surface area contributed by atoms with Crippen LogP contribution in [0.15, 0.2) is 35.5 Å². The Morgan fingerprint density at radius 3 is 2.61 bits per heavy atom. The van der Waals surface area contributed by atoms with Gasteiger partial charge < -0.3 is 25.4 Å². The monoisotopic (exact) mass is 335 g/mol. The number of benzene rings is 1. The molecule has 23 heavy (non-hydrogen) atoms. The Balaban J connectivity index is 2.35. The van der Waals surface area contributed by atoms with E-state index in [4.69, 9.17) is 27.4 Å². The third-order valence-electron chi connectivity index (χ3n) is 3.76. The van der Waals surface area contributed by atoms with Crippen molar-refractivity contribution in [1.82, 2.24) is 10.2 Å². The molecule has 1 aromatic rings. The van der Waals surface area contributed by atoms with E-state index in [0.717, 1.165) is 11.3 Å². The Morgan fingerprint density at radius 1 is 1.35 bits per heavy atom. The molecule has 0 fully saturated rings. The third kappa shape index (κ3) is 3.80. The topological polar surface area (TPSA) is 76.8 Å². The van der Waals surface area contributed by atoms with Crippen molar-refractivity contribution in [1.29, 1.82) is 0 Å². The molecule has 0 aliphatic carbocycles. The molecule has 0 radical (unpaired) electrons. The minimum Gasteiger partial charge on any atom is -0.460 e. The molecule has 124 valence electrons. The number of anilines is 1. The highest BCUT2D eigenvalue weighted by Gasteiger charge is 2.33. The van der Waals surface area contributed by atoms with Gasteiger partial charge in [0.2, 0.25) is 0 Å². The number of ether oxygens (including phenoxy) is 2. The van der Waals surface area contributed by atoms with Gasteiger partial charge in [0.1, 0.15) is 6.61 Å². The summed E-state index contributed by atoms with van der Waals surface area (Å²) in [6.07, 6.45) is 0. The van der Waals surface area contributed by atoms with E-state index in [0.29, 0.717) is 23.0 Å². The normalized spacial score (nSPS) is 18.0. The predicted molar refractivity (Wildman–Crippen MR) is 92.6 cm³/mol. The summed E-state index contributed by atoms with van der Waals surface area (Å²) in [4.78, 5) is 14.3. The number of hydrogen-bond acceptors (Lipinski definition) is 5. The highest BCUT2D eigenvalue weighted by molar-refractivity contribution is 7.80. The first kappa shape index (κ1) is 17.2. The quantitative estimate of drug-likeness (QED) is 0.366. The molecule has 2 rings (SSSR count). The van der Waals surface area contributed by atoms with Crippen molar-refractivity contribution in [3.05, 3.63) is 41.1 Å². The largest absolute Gasteiger partial charge is 0.460 e. The molecule has 6 nitrogen and oxygen atoms in total. The van der Waals surface area contributed by atoms with Crippen LogP contribution in [0, 0.1) is 0 Å². The minimum absolute atomic E-state index is 0.203. The zero-order valence-electron chi connectivity index (χ0n) is 13.5. The van der Waals surface area contributed by atoms with Crippen LogP contribution in [0.2, 0.25) is 0 Å². The van der Waals surface area contributed by atoms with Crippen LogP contribution in [0.25, 0.3) is 0 Å². The van der Waals surface area contributed by atoms with E-state index >= 15 is 0 Å². The van der Waals surface area contributed by atoms with Crippen molar-refractivity contribution in [2.75, 3.05) is 33.1 Å². The van der Waals surface area contributed by atoms with Crippen molar-refractivity contribution >= 4 is 29.0 Å². The Morgan fingerprint density at radius 2 is 2.00 bits per heavy atom. The van der Waals surface area contributed by atoms with E-state index in [2.05, 4.69) is 5.32 Å². The maximum absolute atomic E-state index is 12.5. The summed E-state index contributed by atoms with van der Waals surface area (Å²) in [6.45, 7) is 2.41. The molecule has 0 bridgehead atoms. The van der Waals surface area contributed by atoms with E-state index in [9.17, 15) is 4.79 Å². The van der Waals surface area contributed by atoms with Crippen LogP contribution in [0.4, 0.5) is 5.69 Å². The lowest BCUT2D eigenvalue weighted by molar-refractivity contribution is -0.140. The van der Waals surface area contributed by atoms with E-state index in [1.165, 1.54) is 0 Å². The Hall–Kier alpha value is -2.12. The second-order valence-corrected chi connectivity index (χ2v) is 5.62. The summed E-state index contributed by atoms with van der Waals surface area (Å²) >= 11 is 5.34. The van der Waals surface area contributed by atoms with E-state index in [-0.39, 0.29) is 18.6 Å². The maximum atomic E-state index is 12.5. The number of nitrogens with two attached hydrogens (primary N) is 1. The van der Waals surface area contributed by atoms with Crippen LogP contribution in [0.3, 0.4) is 0 Å². The lowest BCUT2D eigenvalue weighted by Crippen LogP contribution is -2.46. The number of rotatable bonds is 5. The molecule has 7 heteroatoms. The molecule has 0 saturated heterocycles. The summed E-state index contributed by atoms with van der Waals surface area (Å²) in [5.41, 5.74) is 8.59. The number of nitrogen functional groups attached to an aromatic ring is 1. The van der Waals surface area contributed by atoms with Crippen molar-refractivity contribution in [2.45, 2.75) is 13.0 Å². The van der Waals surface area contributed by atoms with Gasteiger partial charge in [-0.3, -0.25) is 0 Å². The number of esters is 1. The molecular formula is C16H21N3O3S. The fraction of sp³-hybridized carbons (Fsp3) is 0.375. The molecule has 3 N–H and O–H groups in total. The van der Waals surface area contributed by atoms with Gasteiger partial charge in [0.15, 0.2) is 5.11 Å². The predicted octanol–water partition coefficient (Wildman–Crippen LogP) is 1.59. The summed E-state index contributed by atoms with van der Waals surface area (Å²) < 4.78 is 10.2. The summed E-state index contributed by atoms with van der Waals surface area (Å²) in [5, 5.41) is 3.73. The second-order valence-electron chi connectivity index (χ2n) is 5.24. The number of nitrogens with one attached hydrogen (secondary N) is 1. The molecule has 1 heterocycles. The van der Waals surface area contributed by atoms with Gasteiger partial charge in [0.25, 0.3) is 0 Å². The van der Waals surface area contributed by atoms with Gasteiger partial charge in [-0.05, 0) is 36.8 Å². The third-order valence-corrected chi connectivity index (χ3v) is 4.16. The van der Waals surface area contributed by atoms with Gasteiger partial charge in [-0.25, -0.2) is 4.79 Å². The average molecular weight is 335 g/mol. The van der Waals surface area contributed by atoms with Gasteiger partial charge in [-0.2, -0.15) is 0 Å². The zero-order chi connectivity index (χ0) is 17.0. The maximum Gasteiger partial charge on any atom is 0.338 e. The van der Waals surface area contributed by atoms with Crippen LogP contribution in [-0.4, -0.2) is 43.4 Å². The number of allylic oxidation sites excluding steroid dienone is 1. The second kappa shape index (κ2) is 7.43. The van der Waals surface area contributed by atoms with Crippen LogP contribution < -0.4 is 11.1 Å². The molecule has 0 saturated carbocycles. The van der Waals surface area contributed by atoms with E-state index in [1.807, 2.05) is 26.1 Å². The average Bonchev–Trinajstić information content (AvgIpc) is 2.53. The standard InChI is InChI=1S/C16H21N3O3S/c1-10-13(15(20)22-9-8-21-3)14(18-16(23)19(10)2)11-4-6-12(17)7-5-11/h4-7,14H,8-9,17H2,1-3H3,(H,18,23). The molecule has 1 aliphatic heterocycles. The number of nitrogens with zero attached hydrogens (tertiary/aromatic N) is 1. The zero-order valence-corrected chi connectivity index (χ0v) is 14.3. The van der Waals surface area contributed by atoms with Gasteiger partial charge in [0, 0.05) is 25.5 Å². The van der Waals surface area contributed by atoms with Gasteiger partial charge in [-0.15, -0.1) is 0 Å². The smallest absolute Gasteiger partial charge is 0.338 e. The van der Waals surface area contributed by atoms with Crippen LogP contribution in [-0.2, 0) is 14.3 Å². The van der Waals surface area contributed by atoms with Crippen molar-refractivity contribution in [3.8, 4) is 0 Å². The summed E-state index contributed by atoms with van der Waals surface area (Å²) in [6, 6.07) is 6.96. The highest BCUT2D eigenvalue weighted by atomic mass is 32.1. The molecule has 1 atom stereocenters. The first-order chi connectivity index (χ1) is 11.0. The van der Waals surface area contributed by atoms with Gasteiger partial charge in [-0.1, -0.05) is 12.1 Å². The molecule has 0 aromatic heterocycles. The fourth-order valence-electron chi connectivity index (χ4n) is 2.33. The number of thiocarbonyl (C=S) groups is 1. The first-order valence-corrected chi connectivity index (χ1v) is 7.63. The number of methoxy groups -OCH3 is 1. The van der Waals surface area contributed by atoms with Crippen molar-refractivity contribution < 1.29 is 14.3 Å². The van der Waals surface area contributed by atoms with Crippen molar-refractivity contribution in [3.63, 3.8) is 0 Å². The van der Waals surface area contributed by atoms with E-state index in [1.54, 1.807) is 24.1 Å². The summed E-state index contributed by atoms with van der Waals surface area (Å²) in [5.74, 6) is -0.386. The van der Waals surface area contributed by atoms with Gasteiger partial charge >= 0.3 is 5.97 Å². The SMILES string of the molecule is COCCOC(=O)C1=C(C)N(C)C(=S)NC1c1ccc(N)cc1. The van der Waals surface area contributed by atoms with Crippen molar-refractivity contribution in [2.24, 2.45) is 0 Å². The Kier molecular flexibility index (Phi) is 5.57. The molecule has 0 amide bonds. The first-order valence-electron chi connectivity index (χ1n) is 7.22. The van der Waals surface area contributed by atoms with Gasteiger partial charge in [0.05, 0.1) is 18.2 Å². The lowest BCUT2D eigenvalue weighted by atomic mass is 9.95. The molecular weight excluding hydrogens is 314 g/mol. The fourth-order valence-corrected chi connectivity index (χ4v) is 2.59. The Labute approximate surface area is 141 Å². The highest BCUT2D eigenvalue weighted by Crippen LogP contribution is 2.31. The molecule has 0 spiro atoms. The Bertz CT molecular complexity index is 628. The number of carbonyl (C=O) groups is 1. The van der Waals surface area contributed by atoms with Crippen LogP contribution >= 0.6 is 12.2 Å². The number of carbonyl (C=O) groups excluding carboxylic acids is 1. The van der Waals surface area contributed by atoms with E-state index < -0.39 is 0 Å². The van der Waals surface area contributed by atoms with Crippen LogP contribution in [0.5, 0.6) is 0 Å².